The molecule has 3 nitrogen and oxygen atoms in total. The van der Waals surface area contributed by atoms with E-state index in [0.29, 0.717) is 29.0 Å². The van der Waals surface area contributed by atoms with Gasteiger partial charge in [-0.1, -0.05) is 36.4 Å². The molecule has 0 saturated carbocycles. The van der Waals surface area contributed by atoms with E-state index >= 15 is 0 Å². The number of amides is 1. The van der Waals surface area contributed by atoms with Crippen molar-refractivity contribution in [2.75, 3.05) is 5.32 Å². The predicted molar refractivity (Wildman–Crippen MR) is 105 cm³/mol. The molecule has 0 fully saturated rings. The monoisotopic (exact) mass is 411 g/mol. The zero-order valence-corrected chi connectivity index (χ0v) is 15.6. The second-order valence-corrected chi connectivity index (χ2v) is 7.63. The first kappa shape index (κ1) is 16.2. The second-order valence-electron chi connectivity index (χ2n) is 5.86. The van der Waals surface area contributed by atoms with Crippen LogP contribution < -0.4 is 5.32 Å². The largest absolute Gasteiger partial charge is 0.321 e. The first-order valence-electron chi connectivity index (χ1n) is 7.94. The third-order valence-corrected chi connectivity index (χ3v) is 6.19. The third-order valence-electron chi connectivity index (χ3n) is 4.35. The van der Waals surface area contributed by atoms with Crippen molar-refractivity contribution in [2.24, 2.45) is 0 Å². The summed E-state index contributed by atoms with van der Waals surface area (Å²) in [5.41, 5.74) is 4.44. The highest BCUT2D eigenvalue weighted by Crippen LogP contribution is 2.37. The van der Waals surface area contributed by atoms with E-state index in [0.717, 1.165) is 21.2 Å². The number of nitrogens with one attached hydrogen (secondary N) is 1. The number of ketones is 1. The summed E-state index contributed by atoms with van der Waals surface area (Å²) < 4.78 is 0.763. The molecule has 1 aliphatic rings. The number of hydrogen-bond acceptors (Lipinski definition) is 3. The molecular weight excluding hydrogens is 398 g/mol. The van der Waals surface area contributed by atoms with Crippen LogP contribution in [0.5, 0.6) is 0 Å². The topological polar surface area (TPSA) is 46.2 Å². The van der Waals surface area contributed by atoms with Gasteiger partial charge in [0.05, 0.1) is 5.69 Å². The molecule has 3 aromatic rings. The van der Waals surface area contributed by atoms with Crippen LogP contribution in [0, 0.1) is 0 Å². The van der Waals surface area contributed by atoms with Gasteiger partial charge in [0, 0.05) is 16.5 Å². The highest BCUT2D eigenvalue weighted by atomic mass is 79.9. The molecule has 0 spiro atoms. The number of anilines is 1. The van der Waals surface area contributed by atoms with E-state index < -0.39 is 0 Å². The van der Waals surface area contributed by atoms with E-state index in [-0.39, 0.29) is 11.7 Å². The Morgan fingerprint density at radius 2 is 1.84 bits per heavy atom. The normalized spacial score (nSPS) is 12.9. The van der Waals surface area contributed by atoms with E-state index in [4.69, 9.17) is 0 Å². The van der Waals surface area contributed by atoms with Crippen LogP contribution in [0.25, 0.3) is 11.1 Å². The van der Waals surface area contributed by atoms with Gasteiger partial charge < -0.3 is 5.32 Å². The van der Waals surface area contributed by atoms with Crippen molar-refractivity contribution in [1.82, 2.24) is 0 Å². The minimum atomic E-state index is -0.198. The number of carbonyl (C=O) groups is 2. The van der Waals surface area contributed by atoms with Crippen molar-refractivity contribution >= 4 is 44.6 Å². The molecule has 2 aromatic carbocycles. The standard InChI is InChI=1S/C20H14BrNO2S/c21-15-10-11-25-19(15)20(24)22-16-8-6-13(12-4-2-1-3-5-12)14-7-9-17(23)18(14)16/h1-6,8,10-11H,7,9H2,(H,22,24). The van der Waals surface area contributed by atoms with E-state index in [9.17, 15) is 9.59 Å². The first-order chi connectivity index (χ1) is 12.1. The maximum atomic E-state index is 12.5. The van der Waals surface area contributed by atoms with Gasteiger partial charge in [0.25, 0.3) is 5.91 Å². The average molecular weight is 412 g/mol. The van der Waals surface area contributed by atoms with Crippen molar-refractivity contribution in [3.05, 3.63) is 74.4 Å². The van der Waals surface area contributed by atoms with Gasteiger partial charge in [0.15, 0.2) is 5.78 Å². The molecule has 0 unspecified atom stereocenters. The smallest absolute Gasteiger partial charge is 0.266 e. The predicted octanol–water partition coefficient (Wildman–Crippen LogP) is 5.56. The lowest BCUT2D eigenvalue weighted by molar-refractivity contribution is 0.0995. The van der Waals surface area contributed by atoms with Crippen molar-refractivity contribution in [3.8, 4) is 11.1 Å². The molecule has 0 radical (unpaired) electrons. The summed E-state index contributed by atoms with van der Waals surface area (Å²) in [4.78, 5) is 25.6. The van der Waals surface area contributed by atoms with Crippen LogP contribution in [-0.2, 0) is 6.42 Å². The van der Waals surface area contributed by atoms with E-state index in [2.05, 4.69) is 21.2 Å². The van der Waals surface area contributed by atoms with Crippen molar-refractivity contribution < 1.29 is 9.59 Å². The number of benzene rings is 2. The van der Waals surface area contributed by atoms with Gasteiger partial charge in [-0.15, -0.1) is 11.3 Å². The number of halogens is 1. The van der Waals surface area contributed by atoms with E-state index in [1.165, 1.54) is 11.3 Å². The summed E-state index contributed by atoms with van der Waals surface area (Å²) >= 11 is 4.75. The van der Waals surface area contributed by atoms with E-state index in [1.807, 2.05) is 53.9 Å². The number of Topliss-reactive ketones (excluding diaryl/α,β-unsaturated/α-hetero) is 1. The first-order valence-corrected chi connectivity index (χ1v) is 9.61. The van der Waals surface area contributed by atoms with Crippen molar-refractivity contribution in [3.63, 3.8) is 0 Å². The van der Waals surface area contributed by atoms with Gasteiger partial charge in [0.2, 0.25) is 0 Å². The fourth-order valence-corrected chi connectivity index (χ4v) is 4.66. The lowest BCUT2D eigenvalue weighted by Gasteiger charge is -2.13. The molecule has 0 atom stereocenters. The minimum absolute atomic E-state index is 0.0910. The highest BCUT2D eigenvalue weighted by Gasteiger charge is 2.27. The number of rotatable bonds is 3. The maximum Gasteiger partial charge on any atom is 0.266 e. The van der Waals surface area contributed by atoms with Crippen molar-refractivity contribution in [1.29, 1.82) is 0 Å². The number of fused-ring (bicyclic) bond motifs is 1. The van der Waals surface area contributed by atoms with E-state index in [1.54, 1.807) is 0 Å². The van der Waals surface area contributed by atoms with Crippen LogP contribution in [-0.4, -0.2) is 11.7 Å². The van der Waals surface area contributed by atoms with Crippen LogP contribution in [0.4, 0.5) is 5.69 Å². The number of thiophene rings is 1. The molecule has 1 N–H and O–H groups in total. The summed E-state index contributed by atoms with van der Waals surface area (Å²) in [7, 11) is 0. The minimum Gasteiger partial charge on any atom is -0.321 e. The highest BCUT2D eigenvalue weighted by molar-refractivity contribution is 9.10. The molecule has 1 aliphatic carbocycles. The Bertz CT molecular complexity index is 979. The third kappa shape index (κ3) is 2.94. The average Bonchev–Trinajstić information content (AvgIpc) is 3.22. The summed E-state index contributed by atoms with van der Waals surface area (Å²) in [6.07, 6.45) is 1.20. The van der Waals surface area contributed by atoms with Crippen LogP contribution in [0.1, 0.15) is 32.0 Å². The van der Waals surface area contributed by atoms with Crippen molar-refractivity contribution in [2.45, 2.75) is 12.8 Å². The van der Waals surface area contributed by atoms with Crippen LogP contribution >= 0.6 is 27.3 Å². The lowest BCUT2D eigenvalue weighted by Crippen LogP contribution is -2.13. The Morgan fingerprint density at radius 3 is 2.56 bits per heavy atom. The molecule has 124 valence electrons. The fourth-order valence-electron chi connectivity index (χ4n) is 3.22. The Hall–Kier alpha value is -2.24. The zero-order chi connectivity index (χ0) is 17.4. The summed E-state index contributed by atoms with van der Waals surface area (Å²) in [6.45, 7) is 0. The van der Waals surface area contributed by atoms with Gasteiger partial charge in [-0.2, -0.15) is 0 Å². The molecule has 5 heteroatoms. The Kier molecular flexibility index (Phi) is 4.27. The summed E-state index contributed by atoms with van der Waals surface area (Å²) in [5.74, 6) is -0.107. The quantitative estimate of drug-likeness (QED) is 0.612. The molecule has 1 amide bonds. The molecule has 1 heterocycles. The van der Waals surface area contributed by atoms with Gasteiger partial charge in [-0.3, -0.25) is 9.59 Å². The lowest BCUT2D eigenvalue weighted by atomic mass is 9.95. The van der Waals surface area contributed by atoms with Crippen LogP contribution in [0.3, 0.4) is 0 Å². The maximum absolute atomic E-state index is 12.5. The van der Waals surface area contributed by atoms with Gasteiger partial charge in [0.1, 0.15) is 4.88 Å². The van der Waals surface area contributed by atoms with Crippen LogP contribution in [0.15, 0.2) is 58.4 Å². The molecule has 1 aromatic heterocycles. The molecule has 0 aliphatic heterocycles. The second kappa shape index (κ2) is 6.58. The molecule has 25 heavy (non-hydrogen) atoms. The summed E-state index contributed by atoms with van der Waals surface area (Å²) in [5, 5.41) is 4.77. The number of carbonyl (C=O) groups excluding carboxylic acids is 2. The molecule has 0 bridgehead atoms. The van der Waals surface area contributed by atoms with Gasteiger partial charge >= 0.3 is 0 Å². The van der Waals surface area contributed by atoms with Crippen LogP contribution in [0.2, 0.25) is 0 Å². The summed E-state index contributed by atoms with van der Waals surface area (Å²) in [6, 6.07) is 15.7. The molecule has 0 saturated heterocycles. The molecular formula is C20H14BrNO2S. The number of hydrogen-bond donors (Lipinski definition) is 1. The Balaban J connectivity index is 1.76. The van der Waals surface area contributed by atoms with Gasteiger partial charge in [-0.25, -0.2) is 0 Å². The Morgan fingerprint density at radius 1 is 1.04 bits per heavy atom. The molecule has 4 rings (SSSR count). The van der Waals surface area contributed by atoms with Gasteiger partial charge in [-0.05, 0) is 56.6 Å². The Labute approximate surface area is 157 Å². The fraction of sp³-hybridized carbons (Fsp3) is 0.100. The zero-order valence-electron chi connectivity index (χ0n) is 13.2. The SMILES string of the molecule is O=C(Nc1ccc(-c2ccccc2)c2c1C(=O)CC2)c1sccc1Br.